The van der Waals surface area contributed by atoms with Gasteiger partial charge in [0.25, 0.3) is 0 Å². The van der Waals surface area contributed by atoms with Crippen LogP contribution in [0.15, 0.2) is 48.5 Å². The second kappa shape index (κ2) is 7.04. The van der Waals surface area contributed by atoms with Gasteiger partial charge in [-0.05, 0) is 37.3 Å². The molecule has 0 saturated heterocycles. The number of carbonyl (C=O) groups excluding carboxylic acids is 2. The Balaban J connectivity index is 1.89. The first-order chi connectivity index (χ1) is 10.6. The Labute approximate surface area is 128 Å². The molecule has 0 radical (unpaired) electrons. The molecule has 0 spiro atoms. The number of aryl methyl sites for hydroxylation is 1. The molecular weight excluding hydrogens is 278 g/mol. The lowest BCUT2D eigenvalue weighted by Gasteiger charge is -2.07. The Bertz CT molecular complexity index is 730. The van der Waals surface area contributed by atoms with E-state index in [1.807, 2.05) is 25.1 Å². The van der Waals surface area contributed by atoms with E-state index in [2.05, 4.69) is 10.6 Å². The van der Waals surface area contributed by atoms with Crippen molar-refractivity contribution in [2.45, 2.75) is 13.3 Å². The third-order valence-corrected chi connectivity index (χ3v) is 2.93. The molecule has 0 atom stereocenters. The van der Waals surface area contributed by atoms with Gasteiger partial charge < -0.3 is 10.6 Å². The van der Waals surface area contributed by atoms with Crippen molar-refractivity contribution in [2.24, 2.45) is 0 Å². The van der Waals surface area contributed by atoms with E-state index in [0.29, 0.717) is 16.9 Å². The summed E-state index contributed by atoms with van der Waals surface area (Å²) in [5.41, 5.74) is 2.68. The van der Waals surface area contributed by atoms with Crippen LogP contribution in [0.25, 0.3) is 0 Å². The summed E-state index contributed by atoms with van der Waals surface area (Å²) in [6, 6.07) is 15.8. The average Bonchev–Trinajstić information content (AvgIpc) is 2.49. The Morgan fingerprint density at radius 3 is 2.27 bits per heavy atom. The lowest BCUT2D eigenvalue weighted by molar-refractivity contribution is -0.123. The predicted octanol–water partition coefficient (Wildman–Crippen LogP) is 2.83. The Morgan fingerprint density at radius 2 is 1.64 bits per heavy atom. The fraction of sp³-hybridized carbons (Fsp3) is 0.118. The van der Waals surface area contributed by atoms with Crippen molar-refractivity contribution >= 4 is 23.2 Å². The summed E-state index contributed by atoms with van der Waals surface area (Å²) in [6.07, 6.45) is -0.287. The summed E-state index contributed by atoms with van der Waals surface area (Å²) in [7, 11) is 0. The maximum absolute atomic E-state index is 11.8. The largest absolute Gasteiger partial charge is 0.326 e. The number of anilines is 2. The first-order valence-electron chi connectivity index (χ1n) is 6.73. The van der Waals surface area contributed by atoms with Gasteiger partial charge in [-0.15, -0.1) is 0 Å². The van der Waals surface area contributed by atoms with Crippen LogP contribution < -0.4 is 10.6 Å². The van der Waals surface area contributed by atoms with Gasteiger partial charge in [0.2, 0.25) is 11.8 Å². The standard InChI is InChI=1S/C17H15N3O2/c1-12-5-7-14(8-6-12)19-16(21)10-17(22)20-15-4-2-3-13(9-15)11-18/h2-9H,10H2,1H3,(H,19,21)(H,20,22). The molecule has 2 aromatic carbocycles. The highest BCUT2D eigenvalue weighted by atomic mass is 16.2. The molecule has 0 aliphatic heterocycles. The second-order valence-corrected chi connectivity index (χ2v) is 4.83. The number of nitrogens with zero attached hydrogens (tertiary/aromatic N) is 1. The zero-order valence-corrected chi connectivity index (χ0v) is 12.1. The maximum Gasteiger partial charge on any atom is 0.233 e. The molecule has 0 aliphatic carbocycles. The van der Waals surface area contributed by atoms with E-state index in [1.54, 1.807) is 36.4 Å². The van der Waals surface area contributed by atoms with Gasteiger partial charge in [-0.3, -0.25) is 9.59 Å². The van der Waals surface area contributed by atoms with Crippen LogP contribution in [-0.2, 0) is 9.59 Å². The van der Waals surface area contributed by atoms with Crippen molar-refractivity contribution in [1.82, 2.24) is 0 Å². The van der Waals surface area contributed by atoms with Crippen molar-refractivity contribution in [3.05, 3.63) is 59.7 Å². The Kier molecular flexibility index (Phi) is 4.89. The zero-order chi connectivity index (χ0) is 15.9. The van der Waals surface area contributed by atoms with E-state index >= 15 is 0 Å². The minimum atomic E-state index is -0.431. The zero-order valence-electron chi connectivity index (χ0n) is 12.1. The number of nitriles is 1. The number of nitrogens with one attached hydrogen (secondary N) is 2. The van der Waals surface area contributed by atoms with Crippen LogP contribution in [-0.4, -0.2) is 11.8 Å². The SMILES string of the molecule is Cc1ccc(NC(=O)CC(=O)Nc2cccc(C#N)c2)cc1. The van der Waals surface area contributed by atoms with Gasteiger partial charge in [0.1, 0.15) is 6.42 Å². The minimum Gasteiger partial charge on any atom is -0.326 e. The van der Waals surface area contributed by atoms with Crippen LogP contribution in [0.3, 0.4) is 0 Å². The highest BCUT2D eigenvalue weighted by Crippen LogP contribution is 2.11. The summed E-state index contributed by atoms with van der Waals surface area (Å²) >= 11 is 0. The van der Waals surface area contributed by atoms with Crippen molar-refractivity contribution in [1.29, 1.82) is 5.26 Å². The number of carbonyl (C=O) groups is 2. The van der Waals surface area contributed by atoms with E-state index in [1.165, 1.54) is 0 Å². The smallest absolute Gasteiger partial charge is 0.233 e. The molecule has 110 valence electrons. The minimum absolute atomic E-state index is 0.287. The molecular formula is C17H15N3O2. The van der Waals surface area contributed by atoms with E-state index in [0.717, 1.165) is 5.56 Å². The number of rotatable bonds is 4. The highest BCUT2D eigenvalue weighted by molar-refractivity contribution is 6.08. The van der Waals surface area contributed by atoms with Crippen LogP contribution in [0, 0.1) is 18.3 Å². The van der Waals surface area contributed by atoms with Gasteiger partial charge in [0, 0.05) is 11.4 Å². The van der Waals surface area contributed by atoms with Crippen molar-refractivity contribution in [2.75, 3.05) is 10.6 Å². The fourth-order valence-corrected chi connectivity index (χ4v) is 1.86. The number of amides is 2. The van der Waals surface area contributed by atoms with E-state index in [-0.39, 0.29) is 6.42 Å². The summed E-state index contributed by atoms with van der Waals surface area (Å²) < 4.78 is 0. The molecule has 0 bridgehead atoms. The van der Waals surface area contributed by atoms with E-state index in [9.17, 15) is 9.59 Å². The molecule has 2 N–H and O–H groups in total. The van der Waals surface area contributed by atoms with Crippen molar-refractivity contribution in [3.8, 4) is 6.07 Å². The van der Waals surface area contributed by atoms with Gasteiger partial charge in [0.05, 0.1) is 11.6 Å². The third-order valence-electron chi connectivity index (χ3n) is 2.93. The lowest BCUT2D eigenvalue weighted by Crippen LogP contribution is -2.21. The lowest BCUT2D eigenvalue weighted by atomic mass is 10.2. The van der Waals surface area contributed by atoms with Gasteiger partial charge in [-0.2, -0.15) is 5.26 Å². The Hall–Kier alpha value is -3.13. The third kappa shape index (κ3) is 4.46. The predicted molar refractivity (Wildman–Crippen MR) is 84.2 cm³/mol. The molecule has 5 heteroatoms. The van der Waals surface area contributed by atoms with E-state index in [4.69, 9.17) is 5.26 Å². The quantitative estimate of drug-likeness (QED) is 0.850. The van der Waals surface area contributed by atoms with Crippen LogP contribution in [0.5, 0.6) is 0 Å². The van der Waals surface area contributed by atoms with Gasteiger partial charge in [-0.25, -0.2) is 0 Å². The number of benzene rings is 2. The average molecular weight is 293 g/mol. The van der Waals surface area contributed by atoms with Gasteiger partial charge in [0.15, 0.2) is 0 Å². The molecule has 22 heavy (non-hydrogen) atoms. The molecule has 5 nitrogen and oxygen atoms in total. The topological polar surface area (TPSA) is 82.0 Å². The molecule has 0 fully saturated rings. The van der Waals surface area contributed by atoms with Crippen molar-refractivity contribution in [3.63, 3.8) is 0 Å². The molecule has 2 amide bonds. The first-order valence-corrected chi connectivity index (χ1v) is 6.73. The molecule has 0 aliphatic rings. The first kappa shape index (κ1) is 15.3. The van der Waals surface area contributed by atoms with E-state index < -0.39 is 11.8 Å². The molecule has 2 rings (SSSR count). The van der Waals surface area contributed by atoms with Crippen LogP contribution in [0.2, 0.25) is 0 Å². The maximum atomic E-state index is 11.8. The highest BCUT2D eigenvalue weighted by Gasteiger charge is 2.10. The monoisotopic (exact) mass is 293 g/mol. The Morgan fingerprint density at radius 1 is 1.00 bits per heavy atom. The summed E-state index contributed by atoms with van der Waals surface area (Å²) in [5, 5.41) is 14.0. The van der Waals surface area contributed by atoms with Gasteiger partial charge >= 0.3 is 0 Å². The number of hydrogen-bond donors (Lipinski definition) is 2. The molecule has 0 unspecified atom stereocenters. The fourth-order valence-electron chi connectivity index (χ4n) is 1.86. The summed E-state index contributed by atoms with van der Waals surface area (Å²) in [5.74, 6) is -0.822. The van der Waals surface area contributed by atoms with Gasteiger partial charge in [-0.1, -0.05) is 23.8 Å². The van der Waals surface area contributed by atoms with Crippen LogP contribution in [0.1, 0.15) is 17.5 Å². The van der Waals surface area contributed by atoms with Crippen LogP contribution in [0.4, 0.5) is 11.4 Å². The second-order valence-electron chi connectivity index (χ2n) is 4.83. The summed E-state index contributed by atoms with van der Waals surface area (Å²) in [4.78, 5) is 23.6. The molecule has 0 saturated carbocycles. The van der Waals surface area contributed by atoms with Crippen LogP contribution >= 0.6 is 0 Å². The summed E-state index contributed by atoms with van der Waals surface area (Å²) in [6.45, 7) is 1.95. The molecule has 0 heterocycles. The molecule has 0 aromatic heterocycles. The normalized spacial score (nSPS) is 9.64. The number of hydrogen-bond acceptors (Lipinski definition) is 3. The molecule has 2 aromatic rings. The van der Waals surface area contributed by atoms with Crippen molar-refractivity contribution < 1.29 is 9.59 Å².